The number of piperazine rings is 1. The van der Waals surface area contributed by atoms with E-state index in [0.29, 0.717) is 44.6 Å². The van der Waals surface area contributed by atoms with Gasteiger partial charge in [0.05, 0.1) is 18.2 Å². The summed E-state index contributed by atoms with van der Waals surface area (Å²) in [5.41, 5.74) is -2.77. The van der Waals surface area contributed by atoms with Gasteiger partial charge in [-0.25, -0.2) is 0 Å². The first-order valence-electron chi connectivity index (χ1n) is 8.92. The molecule has 1 saturated heterocycles. The van der Waals surface area contributed by atoms with Crippen molar-refractivity contribution in [1.82, 2.24) is 10.2 Å². The lowest BCUT2D eigenvalue weighted by Gasteiger charge is -2.37. The van der Waals surface area contributed by atoms with Crippen molar-refractivity contribution in [2.45, 2.75) is 37.7 Å². The maximum atomic E-state index is 13.8. The van der Waals surface area contributed by atoms with Gasteiger partial charge < -0.3 is 10.1 Å². The Morgan fingerprint density at radius 3 is 2.14 bits per heavy atom. The summed E-state index contributed by atoms with van der Waals surface area (Å²) in [4.78, 5) is 1.93. The Morgan fingerprint density at radius 1 is 1.07 bits per heavy atom. The van der Waals surface area contributed by atoms with Crippen molar-refractivity contribution in [3.63, 3.8) is 0 Å². The molecule has 0 unspecified atom stereocenters. The maximum Gasteiger partial charge on any atom is 0.416 e. The molecule has 1 aliphatic heterocycles. The number of alkyl halides is 6. The summed E-state index contributed by atoms with van der Waals surface area (Å²) in [7, 11) is 1.12. The molecule has 1 N–H and O–H groups in total. The van der Waals surface area contributed by atoms with E-state index < -0.39 is 29.5 Å². The minimum absolute atomic E-state index is 0. The Labute approximate surface area is 165 Å². The molecule has 1 aromatic rings. The summed E-state index contributed by atoms with van der Waals surface area (Å²) in [5, 5.41) is 3.15. The number of nitrogens with zero attached hydrogens (tertiary/aromatic N) is 1. The smallest absolute Gasteiger partial charge is 0.416 e. The molecule has 2 aliphatic rings. The molecule has 160 valence electrons. The summed E-state index contributed by atoms with van der Waals surface area (Å²) >= 11 is 0. The topological polar surface area (TPSA) is 24.5 Å². The third-order valence-corrected chi connectivity index (χ3v) is 5.17. The number of methoxy groups -OCH3 is 1. The molecule has 0 radical (unpaired) electrons. The van der Waals surface area contributed by atoms with E-state index in [4.69, 9.17) is 4.74 Å². The summed E-state index contributed by atoms with van der Waals surface area (Å²) < 4.78 is 85.7. The predicted molar refractivity (Wildman–Crippen MR) is 94.8 cm³/mol. The molecule has 1 aliphatic carbocycles. The van der Waals surface area contributed by atoms with Crippen molar-refractivity contribution in [3.05, 3.63) is 28.8 Å². The molecule has 2 fully saturated rings. The normalized spacial score (nSPS) is 19.8. The van der Waals surface area contributed by atoms with E-state index in [9.17, 15) is 26.3 Å². The maximum absolute atomic E-state index is 13.8. The van der Waals surface area contributed by atoms with Gasteiger partial charge in [0.25, 0.3) is 0 Å². The van der Waals surface area contributed by atoms with E-state index in [2.05, 4.69) is 5.32 Å². The number of nitrogens with one attached hydrogen (secondary N) is 1. The van der Waals surface area contributed by atoms with Crippen LogP contribution in [0.25, 0.3) is 0 Å². The zero-order chi connectivity index (χ0) is 19.8. The van der Waals surface area contributed by atoms with Crippen molar-refractivity contribution in [2.75, 3.05) is 33.3 Å². The fourth-order valence-electron chi connectivity index (χ4n) is 3.65. The van der Waals surface area contributed by atoms with Crippen LogP contribution in [-0.2, 0) is 12.4 Å². The highest BCUT2D eigenvalue weighted by atomic mass is 35.5. The lowest BCUT2D eigenvalue weighted by molar-refractivity contribution is -0.144. The first kappa shape index (κ1) is 23.1. The van der Waals surface area contributed by atoms with Gasteiger partial charge in [-0.3, -0.25) is 4.90 Å². The van der Waals surface area contributed by atoms with Crippen LogP contribution in [0.5, 0.6) is 5.75 Å². The van der Waals surface area contributed by atoms with E-state index >= 15 is 0 Å². The van der Waals surface area contributed by atoms with E-state index in [-0.39, 0.29) is 29.8 Å². The highest BCUT2D eigenvalue weighted by Gasteiger charge is 2.43. The van der Waals surface area contributed by atoms with E-state index in [1.165, 1.54) is 0 Å². The molecule has 1 saturated carbocycles. The number of halogens is 7. The van der Waals surface area contributed by atoms with Gasteiger partial charge >= 0.3 is 12.4 Å². The van der Waals surface area contributed by atoms with Gasteiger partial charge in [0.1, 0.15) is 5.75 Å². The number of hydrogen-bond acceptors (Lipinski definition) is 3. The summed E-state index contributed by atoms with van der Waals surface area (Å²) in [5.74, 6) is -0.0423. The zero-order valence-electron chi connectivity index (χ0n) is 15.3. The van der Waals surface area contributed by atoms with Gasteiger partial charge in [0.2, 0.25) is 0 Å². The average Bonchev–Trinajstić information content (AvgIpc) is 3.42. The monoisotopic (exact) mass is 432 g/mol. The molecule has 3 nitrogen and oxygen atoms in total. The van der Waals surface area contributed by atoms with Gasteiger partial charge in [0, 0.05) is 37.8 Å². The van der Waals surface area contributed by atoms with Crippen molar-refractivity contribution < 1.29 is 31.1 Å². The molecule has 1 heterocycles. The first-order chi connectivity index (χ1) is 12.6. The second kappa shape index (κ2) is 8.67. The third-order valence-electron chi connectivity index (χ3n) is 5.17. The highest BCUT2D eigenvalue weighted by Crippen LogP contribution is 2.48. The van der Waals surface area contributed by atoms with Crippen molar-refractivity contribution in [2.24, 2.45) is 5.92 Å². The van der Waals surface area contributed by atoms with Crippen molar-refractivity contribution >= 4 is 12.4 Å². The highest BCUT2D eigenvalue weighted by molar-refractivity contribution is 5.85. The van der Waals surface area contributed by atoms with Gasteiger partial charge in [-0.2, -0.15) is 26.3 Å². The number of rotatable bonds is 5. The second-order valence-electron chi connectivity index (χ2n) is 7.12. The summed E-state index contributed by atoms with van der Waals surface area (Å²) in [6.07, 6.45) is -7.42. The molecule has 0 bridgehead atoms. The van der Waals surface area contributed by atoms with Crippen LogP contribution in [0.4, 0.5) is 26.3 Å². The molecule has 1 aromatic carbocycles. The van der Waals surface area contributed by atoms with Crippen LogP contribution < -0.4 is 10.1 Å². The number of hydrogen-bond donors (Lipinski definition) is 1. The largest absolute Gasteiger partial charge is 0.496 e. The van der Waals surface area contributed by atoms with Gasteiger partial charge in [-0.15, -0.1) is 12.4 Å². The molecule has 0 spiro atoms. The van der Waals surface area contributed by atoms with Crippen molar-refractivity contribution in [3.8, 4) is 5.75 Å². The summed E-state index contributed by atoms with van der Waals surface area (Å²) in [6.45, 7) is 2.34. The molecule has 0 amide bonds. The number of benzene rings is 1. The minimum atomic E-state index is -4.90. The molecule has 0 aromatic heterocycles. The van der Waals surface area contributed by atoms with Crippen LogP contribution in [0.1, 0.15) is 42.0 Å². The van der Waals surface area contributed by atoms with Crippen LogP contribution in [-0.4, -0.2) is 38.2 Å². The zero-order valence-corrected chi connectivity index (χ0v) is 16.1. The van der Waals surface area contributed by atoms with Crippen LogP contribution >= 0.6 is 12.4 Å². The molecular weight excluding hydrogens is 410 g/mol. The Morgan fingerprint density at radius 2 is 1.68 bits per heavy atom. The van der Waals surface area contributed by atoms with Gasteiger partial charge in [-0.1, -0.05) is 12.8 Å². The van der Waals surface area contributed by atoms with Crippen LogP contribution in [0, 0.1) is 5.92 Å². The average molecular weight is 433 g/mol. The first-order valence-corrected chi connectivity index (χ1v) is 8.92. The second-order valence-corrected chi connectivity index (χ2v) is 7.12. The lowest BCUT2D eigenvalue weighted by Crippen LogP contribution is -2.45. The number of ether oxygens (including phenoxy) is 1. The summed E-state index contributed by atoms with van der Waals surface area (Å²) in [6, 6.07) is 0.292. The Balaban J connectivity index is 0.00000280. The molecule has 10 heteroatoms. The van der Waals surface area contributed by atoms with Gasteiger partial charge in [0.15, 0.2) is 0 Å². The van der Waals surface area contributed by atoms with Crippen molar-refractivity contribution in [1.29, 1.82) is 0 Å². The minimum Gasteiger partial charge on any atom is -0.496 e. The van der Waals surface area contributed by atoms with Crippen LogP contribution in [0.2, 0.25) is 0 Å². The molecule has 28 heavy (non-hydrogen) atoms. The molecule has 1 atom stereocenters. The Hall–Kier alpha value is -1.19. The Kier molecular flexibility index (Phi) is 7.15. The molecular formula is C18H23ClF6N2O. The standard InChI is InChI=1S/C18H22F6N2O.ClH/c1-27-15-10-12(17(19,20)21)9-13(18(22,23)24)16(15)14(8-11-2-3-11)26-6-4-25-5-7-26;/h9-11,14,25H,2-8H2,1H3;1H/t14-;/m0./s1. The van der Waals surface area contributed by atoms with Crippen LogP contribution in [0.3, 0.4) is 0 Å². The van der Waals surface area contributed by atoms with E-state index in [1.54, 1.807) is 0 Å². The molecule has 3 rings (SSSR count). The predicted octanol–water partition coefficient (Wildman–Crippen LogP) is 4.90. The van der Waals surface area contributed by atoms with E-state index in [1.807, 2.05) is 4.90 Å². The van der Waals surface area contributed by atoms with E-state index in [0.717, 1.165) is 20.0 Å². The lowest BCUT2D eigenvalue weighted by atomic mass is 9.91. The fraction of sp³-hybridized carbons (Fsp3) is 0.667. The SMILES string of the molecule is COc1cc(C(F)(F)F)cc(C(F)(F)F)c1[C@H](CC1CC1)N1CCNCC1.Cl. The fourth-order valence-corrected chi connectivity index (χ4v) is 3.65. The van der Waals surface area contributed by atoms with Crippen LogP contribution in [0.15, 0.2) is 12.1 Å². The third kappa shape index (κ3) is 5.24. The quantitative estimate of drug-likeness (QED) is 0.670. The van der Waals surface area contributed by atoms with Gasteiger partial charge in [-0.05, 0) is 24.5 Å². The Bertz CT molecular complexity index is 669.